The van der Waals surface area contributed by atoms with Gasteiger partial charge in [-0.15, -0.1) is 0 Å². The summed E-state index contributed by atoms with van der Waals surface area (Å²) in [6.07, 6.45) is -4.60. The first-order valence-electron chi connectivity index (χ1n) is 8.11. The molecule has 1 heterocycles. The zero-order valence-electron chi connectivity index (χ0n) is 14.8. The molecule has 10 heteroatoms. The Morgan fingerprint density at radius 1 is 1.17 bits per heavy atom. The molecule has 0 aliphatic carbocycles. The van der Waals surface area contributed by atoms with Crippen LogP contribution < -0.4 is 10.1 Å². The lowest BCUT2D eigenvalue weighted by molar-refractivity contribution is -0.137. The van der Waals surface area contributed by atoms with Gasteiger partial charge in [0.25, 0.3) is 5.91 Å². The molecule has 1 amide bonds. The third-order valence-electron chi connectivity index (χ3n) is 3.93. The number of nitrogens with zero attached hydrogens (tertiary/aromatic N) is 1. The number of aromatic nitrogens is 1. The number of hydrogen-bond donors (Lipinski definition) is 1. The average Bonchev–Trinajstić information content (AvgIpc) is 3.16. The number of alkyl halides is 5. The summed E-state index contributed by atoms with van der Waals surface area (Å²) >= 11 is 11.0. The lowest BCUT2D eigenvalue weighted by Gasteiger charge is -2.14. The minimum absolute atomic E-state index is 0.0101. The highest BCUT2D eigenvalue weighted by Gasteiger charge is 2.36. The van der Waals surface area contributed by atoms with Crippen molar-refractivity contribution in [3.63, 3.8) is 0 Å². The van der Waals surface area contributed by atoms with E-state index in [1.807, 2.05) is 0 Å². The lowest BCUT2D eigenvalue weighted by atomic mass is 10.0. The molecule has 3 rings (SSSR count). The van der Waals surface area contributed by atoms with Gasteiger partial charge in [-0.2, -0.15) is 13.2 Å². The molecule has 5 nitrogen and oxygen atoms in total. The van der Waals surface area contributed by atoms with Gasteiger partial charge in [0.2, 0.25) is 0 Å². The van der Waals surface area contributed by atoms with E-state index in [0.29, 0.717) is 11.3 Å². The Balaban J connectivity index is 2.00. The summed E-state index contributed by atoms with van der Waals surface area (Å²) < 4.78 is 50.7. The second-order valence-corrected chi connectivity index (χ2v) is 6.92. The van der Waals surface area contributed by atoms with Crippen LogP contribution in [0, 0.1) is 0 Å². The van der Waals surface area contributed by atoms with Gasteiger partial charge in [-0.3, -0.25) is 4.79 Å². The smallest absolute Gasteiger partial charge is 0.417 e. The Bertz CT molecular complexity index is 1040. The molecule has 0 atom stereocenters. The fourth-order valence-corrected chi connectivity index (χ4v) is 2.79. The Labute approximate surface area is 173 Å². The van der Waals surface area contributed by atoms with Crippen LogP contribution in [0.5, 0.6) is 5.75 Å². The van der Waals surface area contributed by atoms with Crippen molar-refractivity contribution in [1.82, 2.24) is 5.16 Å². The van der Waals surface area contributed by atoms with E-state index in [4.69, 9.17) is 32.5 Å². The predicted molar refractivity (Wildman–Crippen MR) is 103 cm³/mol. The van der Waals surface area contributed by atoms with Crippen molar-refractivity contribution in [2.75, 3.05) is 12.4 Å². The third-order valence-corrected chi connectivity index (χ3v) is 4.33. The van der Waals surface area contributed by atoms with E-state index >= 15 is 0 Å². The van der Waals surface area contributed by atoms with Gasteiger partial charge in [0, 0.05) is 17.3 Å². The number of amides is 1. The predicted octanol–water partition coefficient (Wildman–Crippen LogP) is 5.78. The van der Waals surface area contributed by atoms with Crippen molar-refractivity contribution in [3.05, 3.63) is 54.1 Å². The molecule has 0 fully saturated rings. The minimum atomic E-state index is -4.60. The number of anilines is 1. The van der Waals surface area contributed by atoms with Crippen LogP contribution in [0.15, 0.2) is 53.1 Å². The Morgan fingerprint density at radius 3 is 2.55 bits per heavy atom. The zero-order chi connectivity index (χ0) is 21.2. The molecule has 1 N–H and O–H groups in total. The standard InChI is InChI=1S/C19H13Cl2F3N2O3/c1-28-14-7-3-6-12(19(22,23)24)16(14)13-9-15(29-26-13)10-4-2-5-11(8-10)25-18(27)17(20)21/h2-9,17H,1H3,(H,25,27). The van der Waals surface area contributed by atoms with Gasteiger partial charge in [0.15, 0.2) is 10.6 Å². The quantitative estimate of drug-likeness (QED) is 0.506. The highest BCUT2D eigenvalue weighted by molar-refractivity contribution is 6.54. The number of methoxy groups -OCH3 is 1. The Kier molecular flexibility index (Phi) is 6.04. The van der Waals surface area contributed by atoms with Crippen LogP contribution in [0.25, 0.3) is 22.6 Å². The normalized spacial score (nSPS) is 11.6. The molecular weight excluding hydrogens is 432 g/mol. The summed E-state index contributed by atoms with van der Waals surface area (Å²) in [7, 11) is 1.27. The van der Waals surface area contributed by atoms with E-state index in [2.05, 4.69) is 10.5 Å². The van der Waals surface area contributed by atoms with Gasteiger partial charge < -0.3 is 14.6 Å². The molecule has 0 aliphatic heterocycles. The van der Waals surface area contributed by atoms with E-state index in [-0.39, 0.29) is 22.8 Å². The number of benzene rings is 2. The van der Waals surface area contributed by atoms with Gasteiger partial charge in [-0.1, -0.05) is 46.6 Å². The van der Waals surface area contributed by atoms with Crippen LogP contribution in [-0.4, -0.2) is 23.0 Å². The largest absolute Gasteiger partial charge is 0.496 e. The first kappa shape index (κ1) is 21.0. The average molecular weight is 445 g/mol. The summed E-state index contributed by atoms with van der Waals surface area (Å²) in [6, 6.07) is 11.4. The maximum Gasteiger partial charge on any atom is 0.417 e. The monoisotopic (exact) mass is 444 g/mol. The Hall–Kier alpha value is -2.71. The number of carbonyl (C=O) groups is 1. The van der Waals surface area contributed by atoms with Crippen LogP contribution in [0.1, 0.15) is 5.56 Å². The molecular formula is C19H13Cl2F3N2O3. The van der Waals surface area contributed by atoms with E-state index in [0.717, 1.165) is 6.07 Å². The van der Waals surface area contributed by atoms with Crippen LogP contribution in [0.3, 0.4) is 0 Å². The van der Waals surface area contributed by atoms with Crippen LogP contribution in [0.4, 0.5) is 18.9 Å². The van der Waals surface area contributed by atoms with Gasteiger partial charge in [0.05, 0.1) is 18.2 Å². The van der Waals surface area contributed by atoms with Crippen LogP contribution in [-0.2, 0) is 11.0 Å². The molecule has 0 saturated heterocycles. The Morgan fingerprint density at radius 2 is 1.90 bits per heavy atom. The molecule has 0 saturated carbocycles. The fraction of sp³-hybridized carbons (Fsp3) is 0.158. The summed E-state index contributed by atoms with van der Waals surface area (Å²) in [4.78, 5) is 10.4. The van der Waals surface area contributed by atoms with Crippen molar-refractivity contribution in [1.29, 1.82) is 0 Å². The number of rotatable bonds is 5. The summed E-state index contributed by atoms with van der Waals surface area (Å²) in [5.74, 6) is -0.410. The molecule has 1 aromatic heterocycles. The second-order valence-electron chi connectivity index (χ2n) is 5.83. The van der Waals surface area contributed by atoms with E-state index in [1.165, 1.54) is 25.3 Å². The molecule has 0 aliphatic rings. The molecule has 0 bridgehead atoms. The van der Waals surface area contributed by atoms with E-state index in [1.54, 1.807) is 24.3 Å². The molecule has 152 valence electrons. The maximum atomic E-state index is 13.4. The second kappa shape index (κ2) is 8.34. The van der Waals surface area contributed by atoms with Crippen molar-refractivity contribution in [2.24, 2.45) is 0 Å². The zero-order valence-corrected chi connectivity index (χ0v) is 16.3. The van der Waals surface area contributed by atoms with Gasteiger partial charge in [0.1, 0.15) is 11.4 Å². The number of ether oxygens (including phenoxy) is 1. The number of halogens is 5. The van der Waals surface area contributed by atoms with Gasteiger partial charge in [-0.25, -0.2) is 0 Å². The van der Waals surface area contributed by atoms with Crippen molar-refractivity contribution in [3.8, 4) is 28.3 Å². The van der Waals surface area contributed by atoms with E-state index in [9.17, 15) is 18.0 Å². The molecule has 0 spiro atoms. The van der Waals surface area contributed by atoms with Crippen molar-refractivity contribution in [2.45, 2.75) is 11.0 Å². The van der Waals surface area contributed by atoms with Crippen LogP contribution >= 0.6 is 23.2 Å². The number of hydrogen-bond acceptors (Lipinski definition) is 4. The molecule has 2 aromatic carbocycles. The summed E-state index contributed by atoms with van der Waals surface area (Å²) in [5, 5.41) is 6.28. The lowest BCUT2D eigenvalue weighted by Crippen LogP contribution is -2.18. The van der Waals surface area contributed by atoms with E-state index < -0.39 is 22.5 Å². The first-order chi connectivity index (χ1) is 13.7. The fourth-order valence-electron chi connectivity index (χ4n) is 2.68. The van der Waals surface area contributed by atoms with Crippen molar-refractivity contribution >= 4 is 34.8 Å². The molecule has 0 radical (unpaired) electrons. The highest BCUT2D eigenvalue weighted by atomic mass is 35.5. The molecule has 0 unspecified atom stereocenters. The first-order valence-corrected chi connectivity index (χ1v) is 8.98. The minimum Gasteiger partial charge on any atom is -0.496 e. The third kappa shape index (κ3) is 4.65. The number of carbonyl (C=O) groups excluding carboxylic acids is 1. The highest BCUT2D eigenvalue weighted by Crippen LogP contribution is 2.42. The summed E-state index contributed by atoms with van der Waals surface area (Å²) in [6.45, 7) is 0. The maximum absolute atomic E-state index is 13.4. The SMILES string of the molecule is COc1cccc(C(F)(F)F)c1-c1cc(-c2cccc(NC(=O)C(Cl)Cl)c2)on1. The molecule has 3 aromatic rings. The van der Waals surface area contributed by atoms with Crippen LogP contribution in [0.2, 0.25) is 0 Å². The van der Waals surface area contributed by atoms with Crippen molar-refractivity contribution < 1.29 is 27.2 Å². The molecule has 29 heavy (non-hydrogen) atoms. The van der Waals surface area contributed by atoms with Gasteiger partial charge in [-0.05, 0) is 24.3 Å². The topological polar surface area (TPSA) is 64.4 Å². The number of nitrogens with one attached hydrogen (secondary N) is 1. The van der Waals surface area contributed by atoms with Gasteiger partial charge >= 0.3 is 6.18 Å². The summed E-state index contributed by atoms with van der Waals surface area (Å²) in [5.41, 5.74) is -0.307.